The first kappa shape index (κ1) is 18.8. The van der Waals surface area contributed by atoms with Gasteiger partial charge in [0.25, 0.3) is 5.91 Å². The molecule has 3 rings (SSSR count). The predicted molar refractivity (Wildman–Crippen MR) is 105 cm³/mol. The maximum absolute atomic E-state index is 12.0. The molecule has 0 unspecified atom stereocenters. The summed E-state index contributed by atoms with van der Waals surface area (Å²) in [7, 11) is 0. The Kier molecular flexibility index (Phi) is 6.52. The van der Waals surface area contributed by atoms with Gasteiger partial charge in [-0.25, -0.2) is 10.2 Å². The third kappa shape index (κ3) is 5.54. The van der Waals surface area contributed by atoms with Crippen molar-refractivity contribution in [1.29, 1.82) is 0 Å². The topological polar surface area (TPSA) is 80.9 Å². The molecule has 0 radical (unpaired) electrons. The Bertz CT molecular complexity index is 921. The van der Waals surface area contributed by atoms with Crippen LogP contribution in [-0.2, 0) is 14.3 Å². The predicted octanol–water partition coefficient (Wildman–Crippen LogP) is 3.40. The van der Waals surface area contributed by atoms with Crippen LogP contribution in [0, 0.1) is 0 Å². The van der Waals surface area contributed by atoms with Crippen molar-refractivity contribution in [3.8, 4) is 0 Å². The monoisotopic (exact) mass is 374 g/mol. The third-order valence-corrected chi connectivity index (χ3v) is 3.66. The van der Waals surface area contributed by atoms with E-state index in [1.165, 1.54) is 18.4 Å². The minimum atomic E-state index is -0.651. The first-order chi connectivity index (χ1) is 13.7. The molecule has 0 atom stereocenters. The number of nitrogens with zero attached hydrogens (tertiary/aromatic N) is 1. The number of hydrogen-bond acceptors (Lipinski definition) is 5. The fraction of sp³-hybridized carbons (Fsp3) is 0.0455. The Balaban J connectivity index is 1.61. The lowest BCUT2D eigenvalue weighted by atomic mass is 10.0. The largest absolute Gasteiger partial charge is 0.465 e. The highest BCUT2D eigenvalue weighted by molar-refractivity contribution is 6.13. The molecular weight excluding hydrogens is 356 g/mol. The van der Waals surface area contributed by atoms with E-state index in [9.17, 15) is 9.59 Å². The second kappa shape index (κ2) is 9.68. The molecule has 1 N–H and O–H groups in total. The first-order valence-electron chi connectivity index (χ1n) is 8.58. The number of furan rings is 1. The molecule has 0 saturated carbocycles. The Hall–Kier alpha value is -3.93. The van der Waals surface area contributed by atoms with Gasteiger partial charge in [-0.2, -0.15) is 5.10 Å². The number of carbonyl (C=O) groups is 2. The quantitative estimate of drug-likeness (QED) is 0.297. The highest BCUT2D eigenvalue weighted by atomic mass is 16.5. The Morgan fingerprint density at radius 2 is 1.57 bits per heavy atom. The molecule has 0 saturated heterocycles. The van der Waals surface area contributed by atoms with Crippen molar-refractivity contribution in [2.75, 3.05) is 6.61 Å². The van der Waals surface area contributed by atoms with Gasteiger partial charge < -0.3 is 9.15 Å². The van der Waals surface area contributed by atoms with Crippen molar-refractivity contribution in [2.24, 2.45) is 5.10 Å². The Morgan fingerprint density at radius 1 is 0.929 bits per heavy atom. The van der Waals surface area contributed by atoms with Crippen molar-refractivity contribution in [3.63, 3.8) is 0 Å². The van der Waals surface area contributed by atoms with Gasteiger partial charge in [-0.15, -0.1) is 0 Å². The van der Waals surface area contributed by atoms with Gasteiger partial charge in [0, 0.05) is 17.2 Å². The summed E-state index contributed by atoms with van der Waals surface area (Å²) in [5.41, 5.74) is 4.75. The number of esters is 1. The molecule has 0 fully saturated rings. The van der Waals surface area contributed by atoms with Crippen molar-refractivity contribution in [1.82, 2.24) is 5.43 Å². The summed E-state index contributed by atoms with van der Waals surface area (Å²) >= 11 is 0. The number of rotatable bonds is 7. The van der Waals surface area contributed by atoms with Crippen LogP contribution in [0.3, 0.4) is 0 Å². The number of nitrogens with one attached hydrogen (secondary N) is 1. The fourth-order valence-electron chi connectivity index (χ4n) is 2.36. The SMILES string of the molecule is O=C(COC(=O)/C=C/c1ccco1)NN=C(c1ccccc1)c1ccccc1. The van der Waals surface area contributed by atoms with Crippen LogP contribution in [0.15, 0.2) is 94.7 Å². The first-order valence-corrected chi connectivity index (χ1v) is 8.58. The van der Waals surface area contributed by atoms with E-state index in [4.69, 9.17) is 9.15 Å². The lowest BCUT2D eigenvalue weighted by Gasteiger charge is -2.08. The molecule has 0 spiro atoms. The maximum Gasteiger partial charge on any atom is 0.331 e. The molecule has 6 nitrogen and oxygen atoms in total. The molecule has 0 bridgehead atoms. The summed E-state index contributed by atoms with van der Waals surface area (Å²) < 4.78 is 9.96. The van der Waals surface area contributed by atoms with Gasteiger partial charge in [-0.05, 0) is 18.2 Å². The zero-order valence-electron chi connectivity index (χ0n) is 14.9. The van der Waals surface area contributed by atoms with Crippen LogP contribution < -0.4 is 5.43 Å². The number of carbonyl (C=O) groups excluding carboxylic acids is 2. The second-order valence-corrected chi connectivity index (χ2v) is 5.68. The molecule has 1 amide bonds. The van der Waals surface area contributed by atoms with Gasteiger partial charge in [0.2, 0.25) is 0 Å². The van der Waals surface area contributed by atoms with E-state index in [1.54, 1.807) is 12.1 Å². The zero-order chi connectivity index (χ0) is 19.6. The van der Waals surface area contributed by atoms with Crippen LogP contribution in [0.4, 0.5) is 0 Å². The summed E-state index contributed by atoms with van der Waals surface area (Å²) in [5, 5.41) is 4.22. The number of ether oxygens (including phenoxy) is 1. The van der Waals surface area contributed by atoms with E-state index in [2.05, 4.69) is 10.5 Å². The molecule has 140 valence electrons. The number of benzene rings is 2. The summed E-state index contributed by atoms with van der Waals surface area (Å²) in [6, 6.07) is 22.4. The maximum atomic E-state index is 12.0. The van der Waals surface area contributed by atoms with Gasteiger partial charge in [0.05, 0.1) is 12.0 Å². The minimum absolute atomic E-state index is 0.443. The third-order valence-electron chi connectivity index (χ3n) is 3.66. The average molecular weight is 374 g/mol. The highest BCUT2D eigenvalue weighted by Crippen LogP contribution is 2.10. The number of amides is 1. The van der Waals surface area contributed by atoms with Gasteiger partial charge in [0.15, 0.2) is 6.61 Å². The molecule has 28 heavy (non-hydrogen) atoms. The van der Waals surface area contributed by atoms with E-state index in [1.807, 2.05) is 60.7 Å². The van der Waals surface area contributed by atoms with Crippen LogP contribution >= 0.6 is 0 Å². The van der Waals surface area contributed by atoms with Gasteiger partial charge in [-0.3, -0.25) is 4.79 Å². The average Bonchev–Trinajstić information content (AvgIpc) is 3.26. The van der Waals surface area contributed by atoms with E-state index >= 15 is 0 Å². The van der Waals surface area contributed by atoms with E-state index in [0.717, 1.165) is 11.1 Å². The van der Waals surface area contributed by atoms with E-state index in [0.29, 0.717) is 11.5 Å². The number of hydrazone groups is 1. The molecule has 1 heterocycles. The summed E-state index contributed by atoms with van der Waals surface area (Å²) in [4.78, 5) is 23.7. The molecule has 2 aromatic carbocycles. The van der Waals surface area contributed by atoms with Crippen molar-refractivity contribution < 1.29 is 18.7 Å². The van der Waals surface area contributed by atoms with Crippen LogP contribution in [0.1, 0.15) is 16.9 Å². The van der Waals surface area contributed by atoms with Crippen LogP contribution in [0.2, 0.25) is 0 Å². The number of hydrogen-bond donors (Lipinski definition) is 1. The standard InChI is InChI=1S/C22H18N2O4/c25-20(16-28-21(26)14-13-19-12-7-15-27-19)23-24-22(17-8-3-1-4-9-17)18-10-5-2-6-11-18/h1-15H,16H2,(H,23,25)/b14-13+. The Labute approximate surface area is 162 Å². The van der Waals surface area contributed by atoms with Crippen molar-refractivity contribution in [2.45, 2.75) is 0 Å². The van der Waals surface area contributed by atoms with Gasteiger partial charge >= 0.3 is 5.97 Å². The lowest BCUT2D eigenvalue weighted by Crippen LogP contribution is -2.26. The van der Waals surface area contributed by atoms with Crippen molar-refractivity contribution >= 4 is 23.7 Å². The Morgan fingerprint density at radius 3 is 2.14 bits per heavy atom. The molecule has 0 aliphatic heterocycles. The summed E-state index contributed by atoms with van der Waals surface area (Å²) in [5.74, 6) is -0.674. The molecule has 6 heteroatoms. The summed E-state index contributed by atoms with van der Waals surface area (Å²) in [6.07, 6.45) is 4.14. The second-order valence-electron chi connectivity index (χ2n) is 5.68. The summed E-state index contributed by atoms with van der Waals surface area (Å²) in [6.45, 7) is -0.443. The molecule has 3 aromatic rings. The smallest absolute Gasteiger partial charge is 0.331 e. The molecule has 0 aliphatic rings. The van der Waals surface area contributed by atoms with Crippen LogP contribution in [0.25, 0.3) is 6.08 Å². The highest BCUT2D eigenvalue weighted by Gasteiger charge is 2.09. The molecule has 0 aliphatic carbocycles. The van der Waals surface area contributed by atoms with Gasteiger partial charge in [-0.1, -0.05) is 60.7 Å². The normalized spacial score (nSPS) is 10.4. The lowest BCUT2D eigenvalue weighted by molar-refractivity contribution is -0.143. The van der Waals surface area contributed by atoms with Crippen LogP contribution in [-0.4, -0.2) is 24.2 Å². The van der Waals surface area contributed by atoms with Gasteiger partial charge in [0.1, 0.15) is 5.76 Å². The molecular formula is C22H18N2O4. The van der Waals surface area contributed by atoms with E-state index in [-0.39, 0.29) is 0 Å². The van der Waals surface area contributed by atoms with Crippen LogP contribution in [0.5, 0.6) is 0 Å². The van der Waals surface area contributed by atoms with Crippen molar-refractivity contribution in [3.05, 3.63) is 102 Å². The van der Waals surface area contributed by atoms with E-state index < -0.39 is 18.5 Å². The fourth-order valence-corrected chi connectivity index (χ4v) is 2.36. The zero-order valence-corrected chi connectivity index (χ0v) is 14.9. The molecule has 1 aromatic heterocycles. The minimum Gasteiger partial charge on any atom is -0.465 e.